The lowest BCUT2D eigenvalue weighted by Crippen LogP contribution is -2.69. The zero-order chi connectivity index (χ0) is 36.4. The molecule has 2 aromatic rings. The molecule has 2 amide bonds. The number of benzene rings is 2. The van der Waals surface area contributed by atoms with Gasteiger partial charge in [0.05, 0.1) is 18.2 Å². The molecule has 2 bridgehead atoms. The molecule has 6 atom stereocenters. The summed E-state index contributed by atoms with van der Waals surface area (Å²) in [6.45, 7) is 8.26. The molecule has 0 spiro atoms. The minimum atomic E-state index is -5.17. The Morgan fingerprint density at radius 3 is 2.48 bits per heavy atom. The molecule has 1 fully saturated rings. The number of nitriles is 1. The summed E-state index contributed by atoms with van der Waals surface area (Å²) in [6, 6.07) is 0.181. The maximum Gasteiger partial charge on any atom is 0.471 e. The van der Waals surface area contributed by atoms with Crippen molar-refractivity contribution in [2.24, 2.45) is 0 Å². The number of aryl methyl sites for hydroxylation is 1. The van der Waals surface area contributed by atoms with Gasteiger partial charge in [-0.2, -0.15) is 18.4 Å². The van der Waals surface area contributed by atoms with Crippen LogP contribution in [-0.4, -0.2) is 83.4 Å². The average molecular weight is 700 g/mol. The predicted molar refractivity (Wildman–Crippen MR) is 172 cm³/mol. The van der Waals surface area contributed by atoms with E-state index in [-0.39, 0.29) is 43.9 Å². The number of ether oxygens (including phenoxy) is 3. The monoisotopic (exact) mass is 699 g/mol. The van der Waals surface area contributed by atoms with Gasteiger partial charge in [0.15, 0.2) is 11.5 Å². The molecule has 0 radical (unpaired) electrons. The van der Waals surface area contributed by atoms with Crippen LogP contribution in [0.3, 0.4) is 0 Å². The first-order valence-electron chi connectivity index (χ1n) is 16.6. The van der Waals surface area contributed by atoms with Gasteiger partial charge in [-0.25, -0.2) is 0 Å². The van der Waals surface area contributed by atoms with E-state index in [2.05, 4.69) is 22.4 Å². The van der Waals surface area contributed by atoms with Crippen molar-refractivity contribution in [2.45, 2.75) is 103 Å². The van der Waals surface area contributed by atoms with Crippen LogP contribution in [0.5, 0.6) is 23.0 Å². The van der Waals surface area contributed by atoms with Crippen LogP contribution in [0.2, 0.25) is 0 Å². The Balaban J connectivity index is 1.49. The maximum atomic E-state index is 13.2. The fraction of sp³-hybridized carbons (Fsp3) is 0.543. The van der Waals surface area contributed by atoms with Crippen LogP contribution < -0.4 is 24.8 Å². The summed E-state index contributed by atoms with van der Waals surface area (Å²) < 4.78 is 56.6. The number of hydrogen-bond acceptors (Lipinski definition) is 10. The number of aromatic hydroxyl groups is 1. The number of alkyl halides is 3. The van der Waals surface area contributed by atoms with E-state index in [0.717, 1.165) is 29.2 Å². The summed E-state index contributed by atoms with van der Waals surface area (Å²) in [7, 11) is 1.93. The van der Waals surface area contributed by atoms with Crippen LogP contribution in [0.25, 0.3) is 0 Å². The molecule has 4 aliphatic rings. The number of nitrogens with zero attached hydrogens (tertiary/aromatic N) is 3. The van der Waals surface area contributed by atoms with Crippen molar-refractivity contribution in [1.29, 1.82) is 5.26 Å². The number of fused-ring (bicyclic) bond motifs is 9. The highest BCUT2D eigenvalue weighted by Gasteiger charge is 2.57. The summed E-state index contributed by atoms with van der Waals surface area (Å²) in [5.74, 6) is -2.36. The Morgan fingerprint density at radius 2 is 1.82 bits per heavy atom. The van der Waals surface area contributed by atoms with Crippen LogP contribution in [0.4, 0.5) is 13.2 Å². The van der Waals surface area contributed by atoms with Crippen molar-refractivity contribution in [1.82, 2.24) is 20.4 Å². The van der Waals surface area contributed by atoms with Gasteiger partial charge < -0.3 is 30.0 Å². The number of carbonyl (C=O) groups excluding carboxylic acids is 3. The number of halogens is 3. The van der Waals surface area contributed by atoms with E-state index in [1.807, 2.05) is 32.7 Å². The quantitative estimate of drug-likeness (QED) is 0.288. The summed E-state index contributed by atoms with van der Waals surface area (Å²) in [5, 5.41) is 26.8. The lowest BCUT2D eigenvalue weighted by Gasteiger charge is -2.60. The fourth-order valence-electron chi connectivity index (χ4n) is 8.08. The fourth-order valence-corrected chi connectivity index (χ4v) is 8.08. The number of piperazine rings is 1. The molecule has 4 aliphatic heterocycles. The van der Waals surface area contributed by atoms with E-state index in [1.165, 1.54) is 0 Å². The summed E-state index contributed by atoms with van der Waals surface area (Å²) in [4.78, 5) is 41.8. The standard InChI is InChI=1S/C35H40F3N5O7/c1-7-8-25(44)50-30-16(3)15(2)9-19-10-21-23(12-39)43-22(28(26(19)30)42(21)6)11-20-27(32-31(48-14-49-32)17(4)29(20)45)24(43)13-40-33(46)18(5)41-34(47)35(36,37)38/h9,18,21-24,28,45H,7-8,10-11,13-14H2,1-6H3,(H,40,46)(H,41,47)/t18-,21-,22?,23-,24-,28-/m0/s1. The molecule has 268 valence electrons. The number of hydrogen-bond donors (Lipinski definition) is 3. The molecule has 15 heteroatoms. The van der Waals surface area contributed by atoms with Gasteiger partial charge in [0.1, 0.15) is 23.6 Å². The summed E-state index contributed by atoms with van der Waals surface area (Å²) in [6.07, 6.45) is -3.64. The Kier molecular flexibility index (Phi) is 9.15. The van der Waals surface area contributed by atoms with Crippen molar-refractivity contribution >= 4 is 17.8 Å². The average Bonchev–Trinajstić information content (AvgIpc) is 3.54. The number of likely N-dealkylation sites (N-methyl/N-ethyl adjacent to an activating group) is 1. The topological polar surface area (TPSA) is 153 Å². The van der Waals surface area contributed by atoms with Crippen molar-refractivity contribution in [3.05, 3.63) is 45.0 Å². The second kappa shape index (κ2) is 13.0. The molecular weight excluding hydrogens is 659 g/mol. The molecular formula is C35H40F3N5O7. The number of esters is 1. The van der Waals surface area contributed by atoms with E-state index < -0.39 is 48.2 Å². The number of nitrogens with one attached hydrogen (secondary N) is 2. The van der Waals surface area contributed by atoms with Crippen molar-refractivity contribution < 1.29 is 46.9 Å². The normalized spacial score (nSPS) is 24.3. The lowest BCUT2D eigenvalue weighted by molar-refractivity contribution is -0.174. The Labute approximate surface area is 287 Å². The van der Waals surface area contributed by atoms with Crippen LogP contribution in [-0.2, 0) is 27.2 Å². The first-order chi connectivity index (χ1) is 23.6. The van der Waals surface area contributed by atoms with Crippen LogP contribution >= 0.6 is 0 Å². The van der Waals surface area contributed by atoms with E-state index in [0.29, 0.717) is 46.8 Å². The third-order valence-corrected chi connectivity index (χ3v) is 10.6. The minimum Gasteiger partial charge on any atom is -0.507 e. The number of phenols is 1. The largest absolute Gasteiger partial charge is 0.507 e. The van der Waals surface area contributed by atoms with Gasteiger partial charge >= 0.3 is 18.1 Å². The molecule has 12 nitrogen and oxygen atoms in total. The number of amides is 2. The van der Waals surface area contributed by atoms with Gasteiger partial charge in [-0.3, -0.25) is 24.2 Å². The lowest BCUT2D eigenvalue weighted by atomic mass is 9.71. The van der Waals surface area contributed by atoms with Crippen molar-refractivity contribution in [3.63, 3.8) is 0 Å². The van der Waals surface area contributed by atoms with Gasteiger partial charge in [-0.05, 0) is 70.7 Å². The number of rotatable bonds is 7. The molecule has 4 heterocycles. The highest BCUT2D eigenvalue weighted by molar-refractivity contribution is 5.89. The van der Waals surface area contributed by atoms with Crippen molar-refractivity contribution in [3.8, 4) is 29.1 Å². The third-order valence-electron chi connectivity index (χ3n) is 10.6. The number of phenolic OH excluding ortho intramolecular Hbond substituents is 1. The second-order valence-electron chi connectivity index (χ2n) is 13.5. The zero-order valence-corrected chi connectivity index (χ0v) is 28.7. The molecule has 1 saturated heterocycles. The highest BCUT2D eigenvalue weighted by atomic mass is 19.4. The van der Waals surface area contributed by atoms with E-state index in [4.69, 9.17) is 14.2 Å². The molecule has 50 heavy (non-hydrogen) atoms. The van der Waals surface area contributed by atoms with Gasteiger partial charge in [-0.15, -0.1) is 0 Å². The summed E-state index contributed by atoms with van der Waals surface area (Å²) >= 11 is 0. The van der Waals surface area contributed by atoms with Gasteiger partial charge in [0.25, 0.3) is 0 Å². The smallest absolute Gasteiger partial charge is 0.471 e. The Morgan fingerprint density at radius 1 is 1.12 bits per heavy atom. The second-order valence-corrected chi connectivity index (χ2v) is 13.5. The van der Waals surface area contributed by atoms with Gasteiger partial charge in [0.2, 0.25) is 12.7 Å². The van der Waals surface area contributed by atoms with E-state index >= 15 is 0 Å². The molecule has 0 aliphatic carbocycles. The Hall–Kier alpha value is -4.55. The molecule has 0 aromatic heterocycles. The molecule has 0 saturated carbocycles. The summed E-state index contributed by atoms with van der Waals surface area (Å²) in [5.41, 5.74) is 5.01. The Bertz CT molecular complexity index is 1810. The molecule has 6 rings (SSSR count). The first-order valence-corrected chi connectivity index (χ1v) is 16.6. The highest BCUT2D eigenvalue weighted by Crippen LogP contribution is 2.57. The number of carbonyl (C=O) groups is 3. The van der Waals surface area contributed by atoms with Crippen molar-refractivity contribution in [2.75, 3.05) is 20.4 Å². The maximum absolute atomic E-state index is 13.2. The first kappa shape index (κ1) is 35.3. The minimum absolute atomic E-state index is 0.0324. The SMILES string of the molecule is CCCC(=O)Oc1c(C)c(C)cc2c1[C@@H]1C3Cc4c(O)c(C)c5c(c4[C@H](CNC(=O)[C@H](C)NC(=O)C(F)(F)F)N3[C@@H](C#N)[C@H](C2)N1C)OCO5. The van der Waals surface area contributed by atoms with Crippen LogP contribution in [0.1, 0.15) is 77.7 Å². The molecule has 1 unspecified atom stereocenters. The van der Waals surface area contributed by atoms with Gasteiger partial charge in [-0.1, -0.05) is 13.0 Å². The van der Waals surface area contributed by atoms with E-state index in [1.54, 1.807) is 12.2 Å². The third kappa shape index (κ3) is 5.68. The van der Waals surface area contributed by atoms with Crippen LogP contribution in [0, 0.1) is 32.1 Å². The molecule has 2 aromatic carbocycles. The predicted octanol–water partition coefficient (Wildman–Crippen LogP) is 3.71. The molecule has 3 N–H and O–H groups in total. The zero-order valence-electron chi connectivity index (χ0n) is 28.7. The van der Waals surface area contributed by atoms with E-state index in [9.17, 15) is 37.9 Å². The van der Waals surface area contributed by atoms with Gasteiger partial charge in [0, 0.05) is 47.3 Å². The van der Waals surface area contributed by atoms with Crippen LogP contribution in [0.15, 0.2) is 6.07 Å².